The minimum Gasteiger partial charge on any atom is -0.413 e. The SMILES string of the molecule is Cc1cc(C)nc(SCc2n[nH]c(=S)o2)n1. The van der Waals surface area contributed by atoms with Gasteiger partial charge in [0.15, 0.2) is 5.16 Å². The van der Waals surface area contributed by atoms with Gasteiger partial charge in [0, 0.05) is 11.4 Å². The van der Waals surface area contributed by atoms with Crippen molar-refractivity contribution < 1.29 is 4.42 Å². The lowest BCUT2D eigenvalue weighted by Gasteiger charge is -2.00. The van der Waals surface area contributed by atoms with Gasteiger partial charge in [-0.15, -0.1) is 5.10 Å². The average Bonchev–Trinajstić information content (AvgIpc) is 2.60. The largest absolute Gasteiger partial charge is 0.413 e. The average molecular weight is 254 g/mol. The summed E-state index contributed by atoms with van der Waals surface area (Å²) in [5.41, 5.74) is 1.91. The Morgan fingerprint density at radius 2 is 2.06 bits per heavy atom. The first-order valence-corrected chi connectivity index (χ1v) is 6.02. The molecule has 0 saturated heterocycles. The van der Waals surface area contributed by atoms with Gasteiger partial charge in [-0.1, -0.05) is 11.8 Å². The standard InChI is InChI=1S/C9H10N4OS2/c1-5-3-6(2)11-8(10-5)16-4-7-12-13-9(15)14-7/h3H,4H2,1-2H3,(H,13,15). The molecule has 7 heteroatoms. The summed E-state index contributed by atoms with van der Waals surface area (Å²) < 4.78 is 5.14. The van der Waals surface area contributed by atoms with Crippen LogP contribution in [0.4, 0.5) is 0 Å². The minimum atomic E-state index is 0.289. The molecule has 0 aliphatic rings. The van der Waals surface area contributed by atoms with Gasteiger partial charge in [-0.3, -0.25) is 0 Å². The molecule has 0 saturated carbocycles. The highest BCUT2D eigenvalue weighted by molar-refractivity contribution is 7.98. The van der Waals surface area contributed by atoms with Gasteiger partial charge in [-0.05, 0) is 32.1 Å². The predicted octanol–water partition coefficient (Wildman–Crippen LogP) is 2.43. The van der Waals surface area contributed by atoms with Gasteiger partial charge < -0.3 is 4.42 Å². The molecule has 0 bridgehead atoms. The third kappa shape index (κ3) is 2.89. The van der Waals surface area contributed by atoms with E-state index in [2.05, 4.69) is 20.2 Å². The van der Waals surface area contributed by atoms with Gasteiger partial charge in [0.25, 0.3) is 4.84 Å². The van der Waals surface area contributed by atoms with Crippen LogP contribution in [0.3, 0.4) is 0 Å². The first-order valence-electron chi connectivity index (χ1n) is 4.63. The molecule has 2 rings (SSSR count). The summed E-state index contributed by atoms with van der Waals surface area (Å²) >= 11 is 6.25. The molecule has 84 valence electrons. The highest BCUT2D eigenvalue weighted by atomic mass is 32.2. The first-order chi connectivity index (χ1) is 7.63. The number of aromatic nitrogens is 4. The van der Waals surface area contributed by atoms with Crippen molar-refractivity contribution in [1.29, 1.82) is 0 Å². The Hall–Kier alpha value is -1.21. The summed E-state index contributed by atoms with van der Waals surface area (Å²) in [6, 6.07) is 1.93. The fraction of sp³-hybridized carbons (Fsp3) is 0.333. The Labute approximate surface area is 102 Å². The third-order valence-corrected chi connectivity index (χ3v) is 2.78. The van der Waals surface area contributed by atoms with Gasteiger partial charge >= 0.3 is 0 Å². The van der Waals surface area contributed by atoms with E-state index in [1.165, 1.54) is 11.8 Å². The van der Waals surface area contributed by atoms with Crippen LogP contribution in [0.25, 0.3) is 0 Å². The van der Waals surface area contributed by atoms with E-state index >= 15 is 0 Å². The van der Waals surface area contributed by atoms with Crippen LogP contribution in [-0.2, 0) is 5.75 Å². The normalized spacial score (nSPS) is 10.6. The van der Waals surface area contributed by atoms with Gasteiger partial charge in [-0.2, -0.15) is 0 Å². The fourth-order valence-electron chi connectivity index (χ4n) is 1.21. The van der Waals surface area contributed by atoms with Crippen LogP contribution < -0.4 is 0 Å². The lowest BCUT2D eigenvalue weighted by molar-refractivity contribution is 0.500. The second-order valence-corrected chi connectivity index (χ2v) is 4.54. The molecule has 0 aliphatic heterocycles. The highest BCUT2D eigenvalue weighted by Gasteiger charge is 2.04. The lowest BCUT2D eigenvalue weighted by atomic mass is 10.4. The maximum Gasteiger partial charge on any atom is 0.284 e. The zero-order chi connectivity index (χ0) is 11.5. The summed E-state index contributed by atoms with van der Waals surface area (Å²) in [6.45, 7) is 3.89. The van der Waals surface area contributed by atoms with E-state index in [9.17, 15) is 0 Å². The zero-order valence-corrected chi connectivity index (χ0v) is 10.5. The summed E-state index contributed by atoms with van der Waals surface area (Å²) in [7, 11) is 0. The van der Waals surface area contributed by atoms with Gasteiger partial charge in [0.05, 0.1) is 5.75 Å². The summed E-state index contributed by atoms with van der Waals surface area (Å²) in [4.78, 5) is 8.89. The molecule has 0 radical (unpaired) electrons. The van der Waals surface area contributed by atoms with Crippen LogP contribution in [0.5, 0.6) is 0 Å². The number of thioether (sulfide) groups is 1. The second kappa shape index (κ2) is 4.75. The molecule has 0 amide bonds. The van der Waals surface area contributed by atoms with Crippen LogP contribution in [0, 0.1) is 18.7 Å². The molecule has 2 heterocycles. The van der Waals surface area contributed by atoms with Crippen LogP contribution in [-0.4, -0.2) is 20.2 Å². The van der Waals surface area contributed by atoms with Crippen LogP contribution in [0.1, 0.15) is 17.3 Å². The van der Waals surface area contributed by atoms with E-state index in [0.29, 0.717) is 11.6 Å². The lowest BCUT2D eigenvalue weighted by Crippen LogP contribution is -1.93. The highest BCUT2D eigenvalue weighted by Crippen LogP contribution is 2.18. The van der Waals surface area contributed by atoms with Crippen molar-refractivity contribution >= 4 is 24.0 Å². The van der Waals surface area contributed by atoms with E-state index in [0.717, 1.165) is 16.5 Å². The molecular formula is C9H10N4OS2. The second-order valence-electron chi connectivity index (χ2n) is 3.23. The van der Waals surface area contributed by atoms with E-state index in [-0.39, 0.29) is 4.84 Å². The summed E-state index contributed by atoms with van der Waals surface area (Å²) in [6.07, 6.45) is 0. The molecule has 0 atom stereocenters. The van der Waals surface area contributed by atoms with Crippen molar-refractivity contribution in [3.8, 4) is 0 Å². The van der Waals surface area contributed by atoms with Gasteiger partial charge in [0.2, 0.25) is 5.89 Å². The topological polar surface area (TPSA) is 67.6 Å². The number of nitrogens with zero attached hydrogens (tertiary/aromatic N) is 3. The van der Waals surface area contributed by atoms with Crippen LogP contribution in [0.2, 0.25) is 0 Å². The Morgan fingerprint density at radius 3 is 2.62 bits per heavy atom. The number of rotatable bonds is 3. The first kappa shape index (κ1) is 11.3. The van der Waals surface area contributed by atoms with Crippen molar-refractivity contribution in [3.63, 3.8) is 0 Å². The molecule has 0 aromatic carbocycles. The maximum absolute atomic E-state index is 5.14. The Kier molecular flexibility index (Phi) is 3.35. The van der Waals surface area contributed by atoms with Crippen molar-refractivity contribution in [2.24, 2.45) is 0 Å². The smallest absolute Gasteiger partial charge is 0.284 e. The molecule has 16 heavy (non-hydrogen) atoms. The molecular weight excluding hydrogens is 244 g/mol. The van der Waals surface area contributed by atoms with Crippen LogP contribution >= 0.6 is 24.0 Å². The maximum atomic E-state index is 5.14. The van der Waals surface area contributed by atoms with E-state index < -0.39 is 0 Å². The minimum absolute atomic E-state index is 0.289. The van der Waals surface area contributed by atoms with Crippen molar-refractivity contribution in [2.45, 2.75) is 24.8 Å². The Balaban J connectivity index is 2.07. The fourth-order valence-corrected chi connectivity index (χ4v) is 2.14. The van der Waals surface area contributed by atoms with Crippen molar-refractivity contribution in [1.82, 2.24) is 20.2 Å². The number of H-pyrrole nitrogens is 1. The van der Waals surface area contributed by atoms with E-state index in [1.807, 2.05) is 19.9 Å². The summed E-state index contributed by atoms with van der Waals surface area (Å²) in [5.74, 6) is 1.12. The monoisotopic (exact) mass is 254 g/mol. The van der Waals surface area contributed by atoms with Gasteiger partial charge in [0.1, 0.15) is 0 Å². The van der Waals surface area contributed by atoms with Gasteiger partial charge in [-0.25, -0.2) is 15.1 Å². The van der Waals surface area contributed by atoms with E-state index in [1.54, 1.807) is 0 Å². The Bertz CT molecular complexity index is 528. The number of hydrogen-bond acceptors (Lipinski definition) is 6. The molecule has 5 nitrogen and oxygen atoms in total. The molecule has 2 aromatic rings. The number of aryl methyl sites for hydroxylation is 2. The molecule has 0 aliphatic carbocycles. The molecule has 0 fully saturated rings. The third-order valence-electron chi connectivity index (χ3n) is 1.77. The molecule has 0 unspecified atom stereocenters. The van der Waals surface area contributed by atoms with Crippen LogP contribution in [0.15, 0.2) is 15.6 Å². The van der Waals surface area contributed by atoms with Crippen molar-refractivity contribution in [3.05, 3.63) is 28.2 Å². The number of nitrogens with one attached hydrogen (secondary N) is 1. The summed E-state index contributed by atoms with van der Waals surface area (Å²) in [5, 5.41) is 7.20. The molecule has 0 spiro atoms. The van der Waals surface area contributed by atoms with E-state index in [4.69, 9.17) is 16.6 Å². The molecule has 2 aromatic heterocycles. The number of hydrogen-bond donors (Lipinski definition) is 1. The quantitative estimate of drug-likeness (QED) is 0.515. The molecule has 1 N–H and O–H groups in total. The number of aromatic amines is 1. The van der Waals surface area contributed by atoms with Crippen molar-refractivity contribution in [2.75, 3.05) is 0 Å². The predicted molar refractivity (Wildman–Crippen MR) is 62.8 cm³/mol. The Morgan fingerprint density at radius 1 is 1.38 bits per heavy atom. The zero-order valence-electron chi connectivity index (χ0n) is 8.85.